The Balaban J connectivity index is 1.76. The number of hydrogen-bond donors (Lipinski definition) is 1. The molecular formula is C20H23NOS. The zero-order valence-corrected chi connectivity index (χ0v) is 14.5. The Morgan fingerprint density at radius 3 is 2.52 bits per heavy atom. The molecule has 1 heterocycles. The first-order valence-electron chi connectivity index (χ1n) is 8.33. The zero-order valence-electron chi connectivity index (χ0n) is 13.7. The summed E-state index contributed by atoms with van der Waals surface area (Å²) in [6.07, 6.45) is 1.83. The summed E-state index contributed by atoms with van der Waals surface area (Å²) in [5.74, 6) is 0.184. The van der Waals surface area contributed by atoms with Crippen molar-refractivity contribution in [3.05, 3.63) is 65.2 Å². The fraction of sp³-hybridized carbons (Fsp3) is 0.400. The number of hydrogen-bond acceptors (Lipinski definition) is 3. The third-order valence-corrected chi connectivity index (χ3v) is 6.63. The van der Waals surface area contributed by atoms with Gasteiger partial charge in [-0.1, -0.05) is 42.5 Å². The highest BCUT2D eigenvalue weighted by molar-refractivity contribution is 8.00. The Kier molecular flexibility index (Phi) is 3.75. The highest BCUT2D eigenvalue weighted by Crippen LogP contribution is 2.66. The van der Waals surface area contributed by atoms with Gasteiger partial charge < -0.3 is 10.0 Å². The molecule has 0 saturated heterocycles. The van der Waals surface area contributed by atoms with Crippen molar-refractivity contribution in [1.82, 2.24) is 4.90 Å². The Hall–Kier alpha value is -1.29. The Morgan fingerprint density at radius 2 is 1.74 bits per heavy atom. The van der Waals surface area contributed by atoms with Crippen LogP contribution in [0.15, 0.2) is 53.4 Å². The second kappa shape index (κ2) is 5.66. The smallest absolute Gasteiger partial charge is 0.0982 e. The van der Waals surface area contributed by atoms with E-state index in [1.807, 2.05) is 11.8 Å². The SMILES string of the molecule is CN(C)CCCC1(O)c2ccccc2C2Sc3ccccc3C21. The van der Waals surface area contributed by atoms with Crippen molar-refractivity contribution in [1.29, 1.82) is 0 Å². The van der Waals surface area contributed by atoms with E-state index < -0.39 is 5.60 Å². The van der Waals surface area contributed by atoms with Crippen LogP contribution in [-0.4, -0.2) is 30.6 Å². The zero-order chi connectivity index (χ0) is 16.0. The lowest BCUT2D eigenvalue weighted by Crippen LogP contribution is -2.31. The van der Waals surface area contributed by atoms with E-state index in [0.717, 1.165) is 24.9 Å². The van der Waals surface area contributed by atoms with Gasteiger partial charge in [0.05, 0.1) is 5.60 Å². The summed E-state index contributed by atoms with van der Waals surface area (Å²) < 4.78 is 0. The standard InChI is InChI=1S/C20H23NOS/c1-21(2)13-7-12-20(22)16-10-5-3-8-14(16)19-18(20)15-9-4-6-11-17(15)23-19/h3-6,8-11,18-19,22H,7,12-13H2,1-2H3. The molecule has 0 aromatic heterocycles. The molecule has 2 aromatic rings. The van der Waals surface area contributed by atoms with Crippen LogP contribution in [0, 0.1) is 0 Å². The van der Waals surface area contributed by atoms with Crippen molar-refractivity contribution in [3.63, 3.8) is 0 Å². The van der Waals surface area contributed by atoms with Crippen molar-refractivity contribution in [2.24, 2.45) is 0 Å². The Morgan fingerprint density at radius 1 is 1.04 bits per heavy atom. The summed E-state index contributed by atoms with van der Waals surface area (Å²) in [5.41, 5.74) is 3.06. The van der Waals surface area contributed by atoms with Crippen molar-refractivity contribution in [2.75, 3.05) is 20.6 Å². The number of fused-ring (bicyclic) bond motifs is 5. The molecule has 1 aliphatic carbocycles. The molecule has 0 spiro atoms. The molecule has 23 heavy (non-hydrogen) atoms. The van der Waals surface area contributed by atoms with Gasteiger partial charge in [-0.3, -0.25) is 0 Å². The number of nitrogens with zero attached hydrogens (tertiary/aromatic N) is 1. The molecule has 1 aliphatic heterocycles. The number of rotatable bonds is 4. The molecule has 2 nitrogen and oxygen atoms in total. The first kappa shape index (κ1) is 15.3. The molecule has 4 rings (SSSR count). The minimum absolute atomic E-state index is 0.184. The van der Waals surface area contributed by atoms with Crippen molar-refractivity contribution in [3.8, 4) is 0 Å². The van der Waals surface area contributed by atoms with Crippen LogP contribution in [0.5, 0.6) is 0 Å². The second-order valence-electron chi connectivity index (χ2n) is 6.97. The van der Waals surface area contributed by atoms with Gasteiger partial charge in [0.15, 0.2) is 0 Å². The highest BCUT2D eigenvalue weighted by atomic mass is 32.2. The largest absolute Gasteiger partial charge is 0.384 e. The van der Waals surface area contributed by atoms with E-state index in [-0.39, 0.29) is 5.92 Å². The fourth-order valence-corrected chi connectivity index (χ4v) is 5.83. The molecule has 3 unspecified atom stereocenters. The molecule has 0 amide bonds. The van der Waals surface area contributed by atoms with Crippen molar-refractivity contribution in [2.45, 2.75) is 34.5 Å². The summed E-state index contributed by atoms with van der Waals surface area (Å²) >= 11 is 1.92. The summed E-state index contributed by atoms with van der Waals surface area (Å²) in [6.45, 7) is 1.01. The first-order valence-corrected chi connectivity index (χ1v) is 9.21. The molecule has 0 saturated carbocycles. The normalized spacial score (nSPS) is 27.8. The molecule has 0 bridgehead atoms. The molecule has 0 fully saturated rings. The van der Waals surface area contributed by atoms with Crippen LogP contribution >= 0.6 is 11.8 Å². The van der Waals surface area contributed by atoms with Gasteiger partial charge in [0.25, 0.3) is 0 Å². The summed E-state index contributed by atoms with van der Waals surface area (Å²) in [7, 11) is 4.19. The van der Waals surface area contributed by atoms with E-state index in [0.29, 0.717) is 5.25 Å². The number of aliphatic hydroxyl groups is 1. The lowest BCUT2D eigenvalue weighted by molar-refractivity contribution is 0.00629. The van der Waals surface area contributed by atoms with Crippen molar-refractivity contribution < 1.29 is 5.11 Å². The molecular weight excluding hydrogens is 302 g/mol. The molecule has 2 aliphatic rings. The minimum Gasteiger partial charge on any atom is -0.384 e. The van der Waals surface area contributed by atoms with E-state index in [2.05, 4.69) is 67.5 Å². The predicted molar refractivity (Wildman–Crippen MR) is 95.9 cm³/mol. The maximum Gasteiger partial charge on any atom is 0.0982 e. The summed E-state index contributed by atoms with van der Waals surface area (Å²) in [6, 6.07) is 17.1. The summed E-state index contributed by atoms with van der Waals surface area (Å²) in [4.78, 5) is 3.53. The van der Waals surface area contributed by atoms with Crippen LogP contribution in [0.25, 0.3) is 0 Å². The molecule has 0 radical (unpaired) electrons. The topological polar surface area (TPSA) is 23.5 Å². The fourth-order valence-electron chi connectivity index (χ4n) is 4.23. The third kappa shape index (κ3) is 2.34. The lowest BCUT2D eigenvalue weighted by atomic mass is 9.79. The highest BCUT2D eigenvalue weighted by Gasteiger charge is 2.54. The third-order valence-electron chi connectivity index (χ3n) is 5.22. The molecule has 120 valence electrons. The van der Waals surface area contributed by atoms with Gasteiger partial charge in [-0.25, -0.2) is 0 Å². The maximum atomic E-state index is 11.7. The van der Waals surface area contributed by atoms with Crippen LogP contribution < -0.4 is 0 Å². The van der Waals surface area contributed by atoms with Crippen LogP contribution in [0.3, 0.4) is 0 Å². The van der Waals surface area contributed by atoms with Crippen molar-refractivity contribution >= 4 is 11.8 Å². The van der Waals surface area contributed by atoms with Gasteiger partial charge >= 0.3 is 0 Å². The van der Waals surface area contributed by atoms with E-state index >= 15 is 0 Å². The molecule has 2 aromatic carbocycles. The number of benzene rings is 2. The van der Waals surface area contributed by atoms with Gasteiger partial charge in [0.1, 0.15) is 0 Å². The lowest BCUT2D eigenvalue weighted by Gasteiger charge is -2.32. The molecule has 1 N–H and O–H groups in total. The number of thioether (sulfide) groups is 1. The maximum absolute atomic E-state index is 11.7. The minimum atomic E-state index is -0.739. The Bertz CT molecular complexity index is 729. The van der Waals surface area contributed by atoms with Crippen LogP contribution in [0.1, 0.15) is 40.7 Å². The average molecular weight is 325 g/mol. The van der Waals surface area contributed by atoms with Crippen LogP contribution in [-0.2, 0) is 5.60 Å². The predicted octanol–water partition coefficient (Wildman–Crippen LogP) is 4.16. The molecule has 3 atom stereocenters. The monoisotopic (exact) mass is 325 g/mol. The average Bonchev–Trinajstić information content (AvgIpc) is 3.03. The van der Waals surface area contributed by atoms with Crippen LogP contribution in [0.2, 0.25) is 0 Å². The van der Waals surface area contributed by atoms with Gasteiger partial charge in [0.2, 0.25) is 0 Å². The first-order chi connectivity index (χ1) is 11.1. The van der Waals surface area contributed by atoms with Gasteiger partial charge in [0, 0.05) is 16.1 Å². The van der Waals surface area contributed by atoms with E-state index in [1.54, 1.807) is 0 Å². The second-order valence-corrected chi connectivity index (χ2v) is 8.16. The van der Waals surface area contributed by atoms with Gasteiger partial charge in [-0.2, -0.15) is 0 Å². The van der Waals surface area contributed by atoms with E-state index in [9.17, 15) is 5.11 Å². The molecule has 3 heteroatoms. The quantitative estimate of drug-likeness (QED) is 0.913. The summed E-state index contributed by atoms with van der Waals surface area (Å²) in [5, 5.41) is 12.1. The van der Waals surface area contributed by atoms with Gasteiger partial charge in [-0.15, -0.1) is 11.8 Å². The van der Waals surface area contributed by atoms with E-state index in [1.165, 1.54) is 16.0 Å². The van der Waals surface area contributed by atoms with E-state index in [4.69, 9.17) is 0 Å². The van der Waals surface area contributed by atoms with Crippen LogP contribution in [0.4, 0.5) is 0 Å². The van der Waals surface area contributed by atoms with Gasteiger partial charge in [-0.05, 0) is 56.2 Å². The Labute approximate surface area is 142 Å².